The Morgan fingerprint density at radius 2 is 1.66 bits per heavy atom. The van der Waals surface area contributed by atoms with Crippen LogP contribution >= 0.6 is 0 Å². The highest BCUT2D eigenvalue weighted by Gasteiger charge is 2.35. The number of carbonyl (C=O) groups excluding carboxylic acids is 1. The molecule has 8 nitrogen and oxygen atoms in total. The summed E-state index contributed by atoms with van der Waals surface area (Å²) in [6, 6.07) is 16.3. The van der Waals surface area contributed by atoms with E-state index in [0.717, 1.165) is 0 Å². The van der Waals surface area contributed by atoms with Crippen molar-refractivity contribution in [3.05, 3.63) is 71.5 Å². The summed E-state index contributed by atoms with van der Waals surface area (Å²) in [5, 5.41) is 16.3. The molecule has 0 saturated carbocycles. The van der Waals surface area contributed by atoms with Crippen LogP contribution in [0.3, 0.4) is 0 Å². The maximum Gasteiger partial charge on any atom is 0.409 e. The highest BCUT2D eigenvalue weighted by Crippen LogP contribution is 2.44. The molecule has 0 bridgehead atoms. The molecule has 2 aliphatic rings. The predicted molar refractivity (Wildman–Crippen MR) is 103 cm³/mol. The van der Waals surface area contributed by atoms with Crippen molar-refractivity contribution in [1.29, 1.82) is 0 Å². The van der Waals surface area contributed by atoms with Gasteiger partial charge in [0.15, 0.2) is 5.69 Å². The van der Waals surface area contributed by atoms with Crippen molar-refractivity contribution >= 4 is 12.1 Å². The van der Waals surface area contributed by atoms with Gasteiger partial charge >= 0.3 is 12.1 Å². The van der Waals surface area contributed by atoms with Crippen LogP contribution in [-0.2, 0) is 4.74 Å². The summed E-state index contributed by atoms with van der Waals surface area (Å²) in [4.78, 5) is 24.9. The van der Waals surface area contributed by atoms with Gasteiger partial charge in [0.25, 0.3) is 0 Å². The highest BCUT2D eigenvalue weighted by atomic mass is 16.6. The molecule has 0 spiro atoms. The SMILES string of the molecule is O=C(O)c1cn(C2CN(C(=O)OCC3c4ccccc4-c4ccccc43)C2)nn1. The van der Waals surface area contributed by atoms with E-state index >= 15 is 0 Å². The fraction of sp³-hybridized carbons (Fsp3) is 0.238. The van der Waals surface area contributed by atoms with Gasteiger partial charge in [-0.25, -0.2) is 14.3 Å². The Balaban J connectivity index is 1.22. The lowest BCUT2D eigenvalue weighted by Crippen LogP contribution is -2.51. The molecule has 0 unspecified atom stereocenters. The maximum atomic E-state index is 12.5. The number of ether oxygens (including phenoxy) is 1. The van der Waals surface area contributed by atoms with Crippen molar-refractivity contribution in [1.82, 2.24) is 19.9 Å². The number of carboxylic acids is 1. The minimum atomic E-state index is -1.12. The summed E-state index contributed by atoms with van der Waals surface area (Å²) in [5.74, 6) is -1.10. The van der Waals surface area contributed by atoms with Crippen molar-refractivity contribution in [2.75, 3.05) is 19.7 Å². The molecule has 1 aromatic heterocycles. The molecule has 29 heavy (non-hydrogen) atoms. The minimum Gasteiger partial charge on any atom is -0.476 e. The minimum absolute atomic E-state index is 0.0249. The van der Waals surface area contributed by atoms with Gasteiger partial charge in [-0.2, -0.15) is 0 Å². The summed E-state index contributed by atoms with van der Waals surface area (Å²) >= 11 is 0. The van der Waals surface area contributed by atoms with E-state index < -0.39 is 5.97 Å². The molecule has 0 atom stereocenters. The van der Waals surface area contributed by atoms with Crippen LogP contribution in [0.5, 0.6) is 0 Å². The van der Waals surface area contributed by atoms with Gasteiger partial charge in [-0.05, 0) is 22.3 Å². The first kappa shape index (κ1) is 17.4. The monoisotopic (exact) mass is 390 g/mol. The Hall–Kier alpha value is -3.68. The van der Waals surface area contributed by atoms with Gasteiger partial charge in [-0.1, -0.05) is 53.7 Å². The molecule has 1 N–H and O–H groups in total. The Kier molecular flexibility index (Phi) is 4.04. The first-order valence-corrected chi connectivity index (χ1v) is 9.37. The second kappa shape index (κ2) is 6.73. The number of carbonyl (C=O) groups is 2. The molecule has 1 amide bonds. The fourth-order valence-corrected chi connectivity index (χ4v) is 4.01. The van der Waals surface area contributed by atoms with E-state index in [9.17, 15) is 9.59 Å². The van der Waals surface area contributed by atoms with Crippen LogP contribution in [0.25, 0.3) is 11.1 Å². The lowest BCUT2D eigenvalue weighted by atomic mass is 9.98. The molecule has 2 heterocycles. The normalized spacial score (nSPS) is 15.5. The topological polar surface area (TPSA) is 97.5 Å². The summed E-state index contributed by atoms with van der Waals surface area (Å²) in [7, 11) is 0. The Morgan fingerprint density at radius 1 is 1.03 bits per heavy atom. The second-order valence-corrected chi connectivity index (χ2v) is 7.25. The second-order valence-electron chi connectivity index (χ2n) is 7.25. The van der Waals surface area contributed by atoms with E-state index in [-0.39, 0.29) is 30.4 Å². The van der Waals surface area contributed by atoms with Crippen molar-refractivity contribution in [3.8, 4) is 11.1 Å². The Labute approximate surface area is 166 Å². The number of carboxylic acid groups (broad SMARTS) is 1. The van der Waals surface area contributed by atoms with Gasteiger partial charge < -0.3 is 14.7 Å². The van der Waals surface area contributed by atoms with Crippen LogP contribution < -0.4 is 0 Å². The van der Waals surface area contributed by atoms with Crippen LogP contribution in [0.4, 0.5) is 4.79 Å². The molecule has 5 rings (SSSR count). The quantitative estimate of drug-likeness (QED) is 0.736. The van der Waals surface area contributed by atoms with Crippen molar-refractivity contribution in [2.24, 2.45) is 0 Å². The first-order valence-electron chi connectivity index (χ1n) is 9.37. The van der Waals surface area contributed by atoms with Gasteiger partial charge in [-0.3, -0.25) is 0 Å². The van der Waals surface area contributed by atoms with E-state index in [1.807, 2.05) is 24.3 Å². The number of hydrogen-bond donors (Lipinski definition) is 1. The molecule has 0 radical (unpaired) electrons. The van der Waals surface area contributed by atoms with E-state index in [2.05, 4.69) is 34.6 Å². The molecular weight excluding hydrogens is 372 g/mol. The molecule has 8 heteroatoms. The van der Waals surface area contributed by atoms with Crippen LogP contribution in [0.2, 0.25) is 0 Å². The Bertz CT molecular complexity index is 1060. The molecule has 2 aromatic carbocycles. The summed E-state index contributed by atoms with van der Waals surface area (Å²) in [6.45, 7) is 1.11. The highest BCUT2D eigenvalue weighted by molar-refractivity contribution is 5.84. The lowest BCUT2D eigenvalue weighted by Gasteiger charge is -2.38. The zero-order valence-corrected chi connectivity index (χ0v) is 15.4. The van der Waals surface area contributed by atoms with Crippen LogP contribution in [-0.4, -0.2) is 56.8 Å². The van der Waals surface area contributed by atoms with Crippen molar-refractivity contribution in [2.45, 2.75) is 12.0 Å². The lowest BCUT2D eigenvalue weighted by molar-refractivity contribution is 0.0518. The van der Waals surface area contributed by atoms with Crippen LogP contribution in [0.1, 0.15) is 33.6 Å². The smallest absolute Gasteiger partial charge is 0.409 e. The summed E-state index contributed by atoms with van der Waals surface area (Å²) in [6.07, 6.45) is 1.00. The molecule has 1 saturated heterocycles. The van der Waals surface area contributed by atoms with Crippen LogP contribution in [0, 0.1) is 0 Å². The molecule has 1 aliphatic heterocycles. The molecule has 146 valence electrons. The standard InChI is InChI=1S/C21H18N4O4/c26-20(27)19-11-25(23-22-19)13-9-24(10-13)21(28)29-12-18-16-7-3-1-5-14(16)15-6-2-4-8-17(15)18/h1-8,11,13,18H,9-10,12H2,(H,26,27). The number of amides is 1. The summed E-state index contributed by atoms with van der Waals surface area (Å²) in [5.41, 5.74) is 4.62. The van der Waals surface area contributed by atoms with Crippen LogP contribution in [0.15, 0.2) is 54.7 Å². The van der Waals surface area contributed by atoms with Gasteiger partial charge in [-0.15, -0.1) is 5.10 Å². The average molecular weight is 390 g/mol. The zero-order valence-electron chi connectivity index (χ0n) is 15.4. The molecule has 3 aromatic rings. The first-order chi connectivity index (χ1) is 14.1. The van der Waals surface area contributed by atoms with Gasteiger partial charge in [0.2, 0.25) is 0 Å². The third kappa shape index (κ3) is 2.93. The number of likely N-dealkylation sites (tertiary alicyclic amines) is 1. The zero-order chi connectivity index (χ0) is 20.0. The third-order valence-corrected chi connectivity index (χ3v) is 5.56. The largest absolute Gasteiger partial charge is 0.476 e. The van der Waals surface area contributed by atoms with Gasteiger partial charge in [0.1, 0.15) is 6.61 Å². The number of aromatic carboxylic acids is 1. The maximum absolute atomic E-state index is 12.5. The fourth-order valence-electron chi connectivity index (χ4n) is 4.01. The van der Waals surface area contributed by atoms with Gasteiger partial charge in [0, 0.05) is 19.0 Å². The van der Waals surface area contributed by atoms with E-state index in [0.29, 0.717) is 13.1 Å². The molecule has 1 fully saturated rings. The van der Waals surface area contributed by atoms with Gasteiger partial charge in [0.05, 0.1) is 12.2 Å². The predicted octanol–water partition coefficient (Wildman–Crippen LogP) is 2.78. The average Bonchev–Trinajstić information content (AvgIpc) is 3.29. The third-order valence-electron chi connectivity index (χ3n) is 5.56. The number of hydrogen-bond acceptors (Lipinski definition) is 5. The van der Waals surface area contributed by atoms with E-state index in [4.69, 9.17) is 9.84 Å². The van der Waals surface area contributed by atoms with E-state index in [1.54, 1.807) is 4.90 Å². The van der Waals surface area contributed by atoms with E-state index in [1.165, 1.54) is 33.1 Å². The number of aromatic nitrogens is 3. The van der Waals surface area contributed by atoms with Crippen molar-refractivity contribution in [3.63, 3.8) is 0 Å². The number of fused-ring (bicyclic) bond motifs is 3. The number of nitrogens with zero attached hydrogens (tertiary/aromatic N) is 4. The molecular formula is C21H18N4O4. The summed E-state index contributed by atoms with van der Waals surface area (Å²) < 4.78 is 7.10. The molecule has 1 aliphatic carbocycles. The number of benzene rings is 2. The Morgan fingerprint density at radius 3 is 2.24 bits per heavy atom. The number of rotatable bonds is 4. The van der Waals surface area contributed by atoms with Crippen molar-refractivity contribution < 1.29 is 19.4 Å².